The highest BCUT2D eigenvalue weighted by atomic mass is 17.2. The second kappa shape index (κ2) is 6.09. The third-order valence-electron chi connectivity index (χ3n) is 1.12. The van der Waals surface area contributed by atoms with Crippen molar-refractivity contribution in [2.75, 3.05) is 0 Å². The number of hydrogen-bond acceptors (Lipinski definition) is 6. The molecule has 0 radical (unpaired) electrons. The first-order chi connectivity index (χ1) is 6.47. The number of carbonyl (C=O) groups excluding carboxylic acids is 3. The highest BCUT2D eigenvalue weighted by molar-refractivity contribution is 5.81. The van der Waals surface area contributed by atoms with E-state index in [0.717, 1.165) is 13.8 Å². The Morgan fingerprint density at radius 2 is 1.79 bits per heavy atom. The largest absolute Gasteiger partial charge is 0.424 e. The van der Waals surface area contributed by atoms with E-state index in [-0.39, 0.29) is 6.42 Å². The van der Waals surface area contributed by atoms with Crippen LogP contribution in [0.3, 0.4) is 0 Å². The standard InChI is InChI=1S/C8H12O6/c1-4-7(11)13-14-8(5(2)9)12-6(3)10/h8H,4H2,1-3H3. The molecule has 0 aliphatic heterocycles. The van der Waals surface area contributed by atoms with Crippen LogP contribution < -0.4 is 0 Å². The Hall–Kier alpha value is -1.43. The molecule has 0 fully saturated rings. The summed E-state index contributed by atoms with van der Waals surface area (Å²) in [7, 11) is 0. The van der Waals surface area contributed by atoms with Crippen molar-refractivity contribution < 1.29 is 28.9 Å². The molecule has 0 aromatic heterocycles. The molecule has 6 nitrogen and oxygen atoms in total. The van der Waals surface area contributed by atoms with Crippen LogP contribution in [0.4, 0.5) is 0 Å². The predicted octanol–water partition coefficient (Wildman–Crippen LogP) is 0.349. The zero-order chi connectivity index (χ0) is 11.1. The third kappa shape index (κ3) is 5.26. The second-order valence-electron chi connectivity index (χ2n) is 2.46. The molecule has 1 atom stereocenters. The van der Waals surface area contributed by atoms with E-state index in [4.69, 9.17) is 0 Å². The Morgan fingerprint density at radius 3 is 2.14 bits per heavy atom. The van der Waals surface area contributed by atoms with Crippen molar-refractivity contribution in [2.24, 2.45) is 0 Å². The minimum Gasteiger partial charge on any atom is -0.424 e. The topological polar surface area (TPSA) is 78.9 Å². The van der Waals surface area contributed by atoms with E-state index in [1.54, 1.807) is 6.92 Å². The molecule has 0 saturated heterocycles. The van der Waals surface area contributed by atoms with Crippen LogP contribution in [0.1, 0.15) is 27.2 Å². The molecule has 0 aromatic rings. The van der Waals surface area contributed by atoms with E-state index >= 15 is 0 Å². The van der Waals surface area contributed by atoms with Crippen molar-refractivity contribution in [1.82, 2.24) is 0 Å². The van der Waals surface area contributed by atoms with Crippen molar-refractivity contribution >= 4 is 17.7 Å². The lowest BCUT2D eigenvalue weighted by Crippen LogP contribution is -2.28. The van der Waals surface area contributed by atoms with Crippen molar-refractivity contribution in [2.45, 2.75) is 33.5 Å². The van der Waals surface area contributed by atoms with Gasteiger partial charge in [0.05, 0.1) is 0 Å². The number of ether oxygens (including phenoxy) is 1. The molecular formula is C8H12O6. The summed E-state index contributed by atoms with van der Waals surface area (Å²) in [5.74, 6) is -1.91. The molecule has 0 aliphatic carbocycles. The van der Waals surface area contributed by atoms with Crippen molar-refractivity contribution in [1.29, 1.82) is 0 Å². The second-order valence-corrected chi connectivity index (χ2v) is 2.46. The molecular weight excluding hydrogens is 192 g/mol. The van der Waals surface area contributed by atoms with Gasteiger partial charge in [-0.3, -0.25) is 14.5 Å². The Bertz CT molecular complexity index is 234. The van der Waals surface area contributed by atoms with E-state index in [9.17, 15) is 14.4 Å². The Labute approximate surface area is 81.0 Å². The number of Topliss-reactive ketones (excluding diaryl/α,β-unsaturated/α-hetero) is 1. The summed E-state index contributed by atoms with van der Waals surface area (Å²) in [6.45, 7) is 3.81. The van der Waals surface area contributed by atoms with Gasteiger partial charge < -0.3 is 4.74 Å². The summed E-state index contributed by atoms with van der Waals surface area (Å²) in [6.07, 6.45) is -1.38. The quantitative estimate of drug-likeness (QED) is 0.278. The van der Waals surface area contributed by atoms with Gasteiger partial charge in [-0.25, -0.2) is 4.79 Å². The highest BCUT2D eigenvalue weighted by Crippen LogP contribution is 1.99. The average molecular weight is 204 g/mol. The zero-order valence-electron chi connectivity index (χ0n) is 8.23. The van der Waals surface area contributed by atoms with Crippen LogP contribution in [0.2, 0.25) is 0 Å². The van der Waals surface area contributed by atoms with E-state index in [2.05, 4.69) is 14.5 Å². The molecule has 0 amide bonds. The number of hydrogen-bond donors (Lipinski definition) is 0. The number of rotatable bonds is 5. The zero-order valence-corrected chi connectivity index (χ0v) is 8.23. The molecule has 0 spiro atoms. The van der Waals surface area contributed by atoms with Gasteiger partial charge in [0.2, 0.25) is 5.78 Å². The van der Waals surface area contributed by atoms with E-state index in [1.165, 1.54) is 0 Å². The highest BCUT2D eigenvalue weighted by Gasteiger charge is 2.20. The third-order valence-corrected chi connectivity index (χ3v) is 1.12. The number of esters is 1. The monoisotopic (exact) mass is 204 g/mol. The minimum absolute atomic E-state index is 0.102. The Kier molecular flexibility index (Phi) is 5.47. The first-order valence-corrected chi connectivity index (χ1v) is 4.01. The fourth-order valence-electron chi connectivity index (χ4n) is 0.477. The summed E-state index contributed by atoms with van der Waals surface area (Å²) in [5.41, 5.74) is 0. The van der Waals surface area contributed by atoms with Gasteiger partial charge in [-0.15, -0.1) is 4.89 Å². The molecule has 80 valence electrons. The van der Waals surface area contributed by atoms with Gasteiger partial charge in [0.25, 0.3) is 0 Å². The molecule has 0 N–H and O–H groups in total. The molecule has 0 heterocycles. The molecule has 14 heavy (non-hydrogen) atoms. The maximum absolute atomic E-state index is 10.8. The van der Waals surface area contributed by atoms with E-state index in [1.807, 2.05) is 0 Å². The summed E-state index contributed by atoms with van der Waals surface area (Å²) in [6, 6.07) is 0. The van der Waals surface area contributed by atoms with E-state index in [0.29, 0.717) is 0 Å². The van der Waals surface area contributed by atoms with Crippen LogP contribution in [0.25, 0.3) is 0 Å². The lowest BCUT2D eigenvalue weighted by molar-refractivity contribution is -0.332. The van der Waals surface area contributed by atoms with Gasteiger partial charge in [0.15, 0.2) is 0 Å². The molecule has 1 unspecified atom stereocenters. The fourth-order valence-corrected chi connectivity index (χ4v) is 0.477. The van der Waals surface area contributed by atoms with Crippen molar-refractivity contribution in [3.63, 3.8) is 0 Å². The summed E-state index contributed by atoms with van der Waals surface area (Å²) in [5, 5.41) is 0. The number of ketones is 1. The molecule has 0 rings (SSSR count). The Morgan fingerprint density at radius 1 is 1.21 bits per heavy atom. The first-order valence-electron chi connectivity index (χ1n) is 4.01. The summed E-state index contributed by atoms with van der Waals surface area (Å²) in [4.78, 5) is 40.4. The maximum Gasteiger partial charge on any atom is 0.342 e. The van der Waals surface area contributed by atoms with Gasteiger partial charge in [-0.1, -0.05) is 6.92 Å². The predicted molar refractivity (Wildman–Crippen MR) is 43.7 cm³/mol. The van der Waals surface area contributed by atoms with Gasteiger partial charge in [-0.2, -0.15) is 0 Å². The molecule has 0 saturated carbocycles. The van der Waals surface area contributed by atoms with Crippen LogP contribution in [0.15, 0.2) is 0 Å². The Balaban J connectivity index is 4.04. The number of carbonyl (C=O) groups is 3. The van der Waals surface area contributed by atoms with Crippen LogP contribution in [-0.4, -0.2) is 24.0 Å². The van der Waals surface area contributed by atoms with Crippen LogP contribution in [-0.2, 0) is 28.9 Å². The van der Waals surface area contributed by atoms with Gasteiger partial charge in [0, 0.05) is 20.3 Å². The summed E-state index contributed by atoms with van der Waals surface area (Å²) >= 11 is 0. The molecule has 0 bridgehead atoms. The van der Waals surface area contributed by atoms with Gasteiger partial charge in [-0.05, 0) is 0 Å². The van der Waals surface area contributed by atoms with Gasteiger partial charge in [0.1, 0.15) is 0 Å². The van der Waals surface area contributed by atoms with E-state index < -0.39 is 24.0 Å². The smallest absolute Gasteiger partial charge is 0.342 e. The average Bonchev–Trinajstić information content (AvgIpc) is 2.10. The normalized spacial score (nSPS) is 11.6. The van der Waals surface area contributed by atoms with Crippen LogP contribution in [0, 0.1) is 0 Å². The first kappa shape index (κ1) is 12.6. The lowest BCUT2D eigenvalue weighted by Gasteiger charge is -2.11. The van der Waals surface area contributed by atoms with Crippen molar-refractivity contribution in [3.8, 4) is 0 Å². The van der Waals surface area contributed by atoms with Crippen LogP contribution >= 0.6 is 0 Å². The fraction of sp³-hybridized carbons (Fsp3) is 0.625. The molecule has 6 heteroatoms. The lowest BCUT2D eigenvalue weighted by atomic mass is 10.4. The maximum atomic E-state index is 10.8. The van der Waals surface area contributed by atoms with Crippen molar-refractivity contribution in [3.05, 3.63) is 0 Å². The van der Waals surface area contributed by atoms with Gasteiger partial charge >= 0.3 is 18.2 Å². The minimum atomic E-state index is -1.48. The summed E-state index contributed by atoms with van der Waals surface area (Å²) < 4.78 is 4.42. The molecule has 0 aliphatic rings. The molecule has 0 aromatic carbocycles. The van der Waals surface area contributed by atoms with Crippen LogP contribution in [0.5, 0.6) is 0 Å². The SMILES string of the molecule is CCC(=O)OOC(OC(C)=O)C(C)=O.